The van der Waals surface area contributed by atoms with Crippen LogP contribution in [-0.4, -0.2) is 11.6 Å². The van der Waals surface area contributed by atoms with Gasteiger partial charge in [0.05, 0.1) is 8.66 Å². The lowest BCUT2D eigenvalue weighted by molar-refractivity contribution is -0.114. The highest BCUT2D eigenvalue weighted by Gasteiger charge is 2.15. The van der Waals surface area contributed by atoms with Crippen molar-refractivity contribution in [3.8, 4) is 0 Å². The van der Waals surface area contributed by atoms with Crippen LogP contribution in [0.2, 0.25) is 0 Å². The standard InChI is InChI=1S/C8H7BrO2S/c1-2-5(10)8(11)6-3-4-7(9)12-6/h3-4H,2H2,1H3. The maximum atomic E-state index is 11.2. The van der Waals surface area contributed by atoms with Gasteiger partial charge in [0.2, 0.25) is 11.6 Å². The number of thiophene rings is 1. The van der Waals surface area contributed by atoms with Crippen LogP contribution in [0.1, 0.15) is 23.0 Å². The van der Waals surface area contributed by atoms with Gasteiger partial charge in [0.25, 0.3) is 0 Å². The number of hydrogen-bond donors (Lipinski definition) is 0. The molecule has 0 aliphatic rings. The van der Waals surface area contributed by atoms with E-state index >= 15 is 0 Å². The minimum atomic E-state index is -0.381. The molecule has 12 heavy (non-hydrogen) atoms. The fraction of sp³-hybridized carbons (Fsp3) is 0.250. The molecule has 0 bridgehead atoms. The highest BCUT2D eigenvalue weighted by Crippen LogP contribution is 2.22. The molecule has 0 atom stereocenters. The van der Waals surface area contributed by atoms with Gasteiger partial charge in [-0.3, -0.25) is 9.59 Å². The normalized spacial score (nSPS) is 9.83. The molecule has 0 fully saturated rings. The molecule has 4 heteroatoms. The van der Waals surface area contributed by atoms with E-state index in [2.05, 4.69) is 15.9 Å². The van der Waals surface area contributed by atoms with E-state index < -0.39 is 0 Å². The van der Waals surface area contributed by atoms with E-state index in [1.54, 1.807) is 19.1 Å². The average Bonchev–Trinajstić information content (AvgIpc) is 2.49. The molecule has 0 saturated heterocycles. The molecule has 1 aromatic rings. The number of hydrogen-bond acceptors (Lipinski definition) is 3. The average molecular weight is 247 g/mol. The lowest BCUT2D eigenvalue weighted by Crippen LogP contribution is -2.10. The Morgan fingerprint density at radius 3 is 2.58 bits per heavy atom. The summed E-state index contributed by atoms with van der Waals surface area (Å²) in [6, 6.07) is 3.42. The molecule has 0 unspecified atom stereocenters. The SMILES string of the molecule is CCC(=O)C(=O)c1ccc(Br)s1. The molecule has 0 aromatic carbocycles. The molecular formula is C8H7BrO2S. The Balaban J connectivity index is 2.85. The number of carbonyl (C=O) groups excluding carboxylic acids is 2. The molecule has 0 radical (unpaired) electrons. The number of carbonyl (C=O) groups is 2. The molecule has 1 rings (SSSR count). The fourth-order valence-electron chi connectivity index (χ4n) is 0.734. The zero-order valence-corrected chi connectivity index (χ0v) is 8.87. The summed E-state index contributed by atoms with van der Waals surface area (Å²) in [6.07, 6.45) is 0.272. The third-order valence-electron chi connectivity index (χ3n) is 1.37. The topological polar surface area (TPSA) is 34.1 Å². The van der Waals surface area contributed by atoms with Crippen molar-refractivity contribution >= 4 is 38.8 Å². The Hall–Kier alpha value is -0.480. The summed E-state index contributed by atoms with van der Waals surface area (Å²) in [4.78, 5) is 22.7. The van der Waals surface area contributed by atoms with Crippen molar-refractivity contribution in [2.75, 3.05) is 0 Å². The zero-order valence-electron chi connectivity index (χ0n) is 6.46. The van der Waals surface area contributed by atoms with Crippen LogP contribution in [0.15, 0.2) is 15.9 Å². The maximum Gasteiger partial charge on any atom is 0.238 e. The molecule has 0 aliphatic heterocycles. The summed E-state index contributed by atoms with van der Waals surface area (Å²) in [5.41, 5.74) is 0. The van der Waals surface area contributed by atoms with Gasteiger partial charge >= 0.3 is 0 Å². The van der Waals surface area contributed by atoms with Crippen molar-refractivity contribution in [3.63, 3.8) is 0 Å². The van der Waals surface area contributed by atoms with E-state index in [1.807, 2.05) is 0 Å². The molecule has 64 valence electrons. The molecule has 0 amide bonds. The van der Waals surface area contributed by atoms with E-state index in [9.17, 15) is 9.59 Å². The van der Waals surface area contributed by atoms with Crippen molar-refractivity contribution < 1.29 is 9.59 Å². The lowest BCUT2D eigenvalue weighted by atomic mass is 10.2. The summed E-state index contributed by atoms with van der Waals surface area (Å²) in [7, 11) is 0. The van der Waals surface area contributed by atoms with Gasteiger partial charge in [0.1, 0.15) is 0 Å². The largest absolute Gasteiger partial charge is 0.290 e. The van der Waals surface area contributed by atoms with Gasteiger partial charge in [0.15, 0.2) is 0 Å². The van der Waals surface area contributed by atoms with Crippen LogP contribution in [0.25, 0.3) is 0 Å². The van der Waals surface area contributed by atoms with Crippen molar-refractivity contribution in [1.82, 2.24) is 0 Å². The summed E-state index contributed by atoms with van der Waals surface area (Å²) in [5.74, 6) is -0.711. The first-order valence-corrected chi connectivity index (χ1v) is 5.09. The van der Waals surface area contributed by atoms with Crippen molar-refractivity contribution in [1.29, 1.82) is 0 Å². The molecule has 1 aromatic heterocycles. The first kappa shape index (κ1) is 9.61. The Bertz CT molecular complexity index is 317. The summed E-state index contributed by atoms with van der Waals surface area (Å²) < 4.78 is 0.870. The van der Waals surface area contributed by atoms with E-state index in [0.717, 1.165) is 3.79 Å². The third-order valence-corrected chi connectivity index (χ3v) is 2.99. The van der Waals surface area contributed by atoms with Crippen LogP contribution in [0.4, 0.5) is 0 Å². The Morgan fingerprint density at radius 2 is 2.17 bits per heavy atom. The summed E-state index contributed by atoms with van der Waals surface area (Å²) in [5, 5.41) is 0. The molecule has 0 aliphatic carbocycles. The number of ketones is 2. The maximum absolute atomic E-state index is 11.2. The van der Waals surface area contributed by atoms with Gasteiger partial charge in [-0.15, -0.1) is 11.3 Å². The quantitative estimate of drug-likeness (QED) is 0.607. The Labute approximate surface area is 82.7 Å². The monoisotopic (exact) mass is 246 g/mol. The number of halogens is 1. The zero-order chi connectivity index (χ0) is 9.14. The number of Topliss-reactive ketones (excluding diaryl/α,β-unsaturated/α-hetero) is 2. The van der Waals surface area contributed by atoms with Crippen LogP contribution >= 0.6 is 27.3 Å². The smallest absolute Gasteiger partial charge is 0.238 e. The van der Waals surface area contributed by atoms with Gasteiger partial charge in [0, 0.05) is 6.42 Å². The van der Waals surface area contributed by atoms with Gasteiger partial charge in [-0.25, -0.2) is 0 Å². The molecule has 1 heterocycles. The minimum Gasteiger partial charge on any atom is -0.290 e. The van der Waals surface area contributed by atoms with Gasteiger partial charge in [-0.05, 0) is 28.1 Å². The molecule has 0 N–H and O–H groups in total. The lowest BCUT2D eigenvalue weighted by Gasteiger charge is -1.90. The van der Waals surface area contributed by atoms with Crippen LogP contribution in [0.3, 0.4) is 0 Å². The predicted molar refractivity (Wildman–Crippen MR) is 51.6 cm³/mol. The fourth-order valence-corrected chi connectivity index (χ4v) is 2.08. The summed E-state index contributed by atoms with van der Waals surface area (Å²) >= 11 is 4.51. The van der Waals surface area contributed by atoms with Crippen LogP contribution < -0.4 is 0 Å². The second kappa shape index (κ2) is 3.96. The third kappa shape index (κ3) is 2.01. The highest BCUT2D eigenvalue weighted by atomic mass is 79.9. The van der Waals surface area contributed by atoms with E-state index in [-0.39, 0.29) is 18.0 Å². The van der Waals surface area contributed by atoms with E-state index in [0.29, 0.717) is 4.88 Å². The van der Waals surface area contributed by atoms with Gasteiger partial charge in [-0.2, -0.15) is 0 Å². The minimum absolute atomic E-state index is 0.272. The first-order chi connectivity index (χ1) is 5.65. The second-order valence-corrected chi connectivity index (χ2v) is 4.67. The van der Waals surface area contributed by atoms with E-state index in [4.69, 9.17) is 0 Å². The van der Waals surface area contributed by atoms with Crippen LogP contribution in [0, 0.1) is 0 Å². The second-order valence-electron chi connectivity index (χ2n) is 2.21. The van der Waals surface area contributed by atoms with Crippen molar-refractivity contribution in [3.05, 3.63) is 20.8 Å². The number of rotatable bonds is 3. The molecule has 2 nitrogen and oxygen atoms in total. The highest BCUT2D eigenvalue weighted by molar-refractivity contribution is 9.11. The Kier molecular flexibility index (Phi) is 3.17. The van der Waals surface area contributed by atoms with Crippen LogP contribution in [0.5, 0.6) is 0 Å². The van der Waals surface area contributed by atoms with Gasteiger partial charge < -0.3 is 0 Å². The van der Waals surface area contributed by atoms with E-state index in [1.165, 1.54) is 11.3 Å². The molecular weight excluding hydrogens is 240 g/mol. The van der Waals surface area contributed by atoms with Crippen molar-refractivity contribution in [2.45, 2.75) is 13.3 Å². The van der Waals surface area contributed by atoms with Gasteiger partial charge in [-0.1, -0.05) is 6.92 Å². The summed E-state index contributed by atoms with van der Waals surface area (Å²) in [6.45, 7) is 1.68. The predicted octanol–water partition coefficient (Wildman–Crippen LogP) is 2.67. The molecule has 0 saturated carbocycles. The Morgan fingerprint density at radius 1 is 1.50 bits per heavy atom. The van der Waals surface area contributed by atoms with Crippen molar-refractivity contribution in [2.24, 2.45) is 0 Å². The first-order valence-electron chi connectivity index (χ1n) is 3.48. The van der Waals surface area contributed by atoms with Crippen LogP contribution in [-0.2, 0) is 4.79 Å². The molecule has 0 spiro atoms.